The third-order valence-electron chi connectivity index (χ3n) is 3.45. The molecule has 2 heterocycles. The zero-order valence-corrected chi connectivity index (χ0v) is 16.1. The van der Waals surface area contributed by atoms with Gasteiger partial charge in [0.2, 0.25) is 10.0 Å². The molecule has 0 aliphatic carbocycles. The Kier molecular flexibility index (Phi) is 5.15. The van der Waals surface area contributed by atoms with E-state index in [2.05, 4.69) is 25.6 Å². The van der Waals surface area contributed by atoms with Gasteiger partial charge in [0.1, 0.15) is 4.21 Å². The first kappa shape index (κ1) is 17.3. The van der Waals surface area contributed by atoms with E-state index >= 15 is 0 Å². The van der Waals surface area contributed by atoms with Crippen molar-refractivity contribution in [1.29, 1.82) is 0 Å². The molecule has 0 amide bonds. The van der Waals surface area contributed by atoms with Crippen molar-refractivity contribution in [2.45, 2.75) is 17.7 Å². The van der Waals surface area contributed by atoms with Crippen LogP contribution in [0.1, 0.15) is 11.1 Å². The fourth-order valence-electron chi connectivity index (χ4n) is 2.32. The van der Waals surface area contributed by atoms with Crippen LogP contribution in [0.25, 0.3) is 11.3 Å². The number of nitrogens with one attached hydrogen (secondary N) is 1. The van der Waals surface area contributed by atoms with E-state index in [0.717, 1.165) is 26.2 Å². The van der Waals surface area contributed by atoms with Crippen LogP contribution in [-0.4, -0.2) is 13.4 Å². The van der Waals surface area contributed by atoms with Gasteiger partial charge in [-0.1, -0.05) is 29.8 Å². The Bertz CT molecular complexity index is 968. The Morgan fingerprint density at radius 1 is 1.17 bits per heavy atom. The molecular weight excluding hydrogens is 408 g/mol. The van der Waals surface area contributed by atoms with Gasteiger partial charge in [0.15, 0.2) is 0 Å². The minimum absolute atomic E-state index is 0.189. The number of aryl methyl sites for hydroxylation is 1. The van der Waals surface area contributed by atoms with E-state index in [1.54, 1.807) is 18.3 Å². The quantitative estimate of drug-likeness (QED) is 0.664. The Balaban J connectivity index is 1.86. The highest BCUT2D eigenvalue weighted by Crippen LogP contribution is 2.27. The molecule has 1 N–H and O–H groups in total. The molecule has 0 saturated carbocycles. The second-order valence-corrected chi connectivity index (χ2v) is 9.72. The third-order valence-corrected chi connectivity index (χ3v) is 6.97. The second kappa shape index (κ2) is 7.14. The number of hydrogen-bond donors (Lipinski definition) is 1. The molecule has 0 aliphatic rings. The highest BCUT2D eigenvalue weighted by molar-refractivity contribution is 9.11. The van der Waals surface area contributed by atoms with Crippen LogP contribution in [0, 0.1) is 6.92 Å². The van der Waals surface area contributed by atoms with Crippen molar-refractivity contribution >= 4 is 37.3 Å². The van der Waals surface area contributed by atoms with Gasteiger partial charge >= 0.3 is 0 Å². The van der Waals surface area contributed by atoms with E-state index in [1.165, 1.54) is 11.3 Å². The van der Waals surface area contributed by atoms with Crippen molar-refractivity contribution in [1.82, 2.24) is 9.71 Å². The van der Waals surface area contributed by atoms with Crippen LogP contribution in [0.15, 0.2) is 62.7 Å². The van der Waals surface area contributed by atoms with Gasteiger partial charge in [0.25, 0.3) is 0 Å². The van der Waals surface area contributed by atoms with Crippen molar-refractivity contribution in [3.05, 3.63) is 69.6 Å². The molecule has 0 atom stereocenters. The zero-order chi connectivity index (χ0) is 17.2. The number of hydrogen-bond acceptors (Lipinski definition) is 4. The fraction of sp³-hybridized carbons (Fsp3) is 0.118. The maximum atomic E-state index is 12.4. The summed E-state index contributed by atoms with van der Waals surface area (Å²) in [7, 11) is -3.53. The van der Waals surface area contributed by atoms with Crippen LogP contribution in [0.2, 0.25) is 0 Å². The lowest BCUT2D eigenvalue weighted by molar-refractivity contribution is 0.583. The minimum atomic E-state index is -3.53. The molecule has 4 nitrogen and oxygen atoms in total. The molecule has 7 heteroatoms. The molecule has 0 spiro atoms. The first-order valence-electron chi connectivity index (χ1n) is 7.22. The van der Waals surface area contributed by atoms with Crippen LogP contribution in [0.3, 0.4) is 0 Å². The minimum Gasteiger partial charge on any atom is -0.256 e. The monoisotopic (exact) mass is 422 g/mol. The molecule has 0 aliphatic heterocycles. The van der Waals surface area contributed by atoms with Gasteiger partial charge in [-0.25, -0.2) is 13.1 Å². The largest absolute Gasteiger partial charge is 0.256 e. The van der Waals surface area contributed by atoms with E-state index in [1.807, 2.05) is 43.3 Å². The van der Waals surface area contributed by atoms with Crippen molar-refractivity contribution in [2.24, 2.45) is 0 Å². The lowest BCUT2D eigenvalue weighted by atomic mass is 10.0. The van der Waals surface area contributed by atoms with Crippen LogP contribution < -0.4 is 4.72 Å². The van der Waals surface area contributed by atoms with Gasteiger partial charge in [-0.2, -0.15) is 0 Å². The normalized spacial score (nSPS) is 11.6. The number of nitrogens with zero attached hydrogens (tertiary/aromatic N) is 1. The van der Waals surface area contributed by atoms with Gasteiger partial charge in [-0.15, -0.1) is 11.3 Å². The number of benzene rings is 1. The lowest BCUT2D eigenvalue weighted by Crippen LogP contribution is -2.22. The molecule has 0 radical (unpaired) electrons. The Labute approximate surface area is 153 Å². The van der Waals surface area contributed by atoms with Crippen LogP contribution in [0.5, 0.6) is 0 Å². The van der Waals surface area contributed by atoms with Gasteiger partial charge < -0.3 is 0 Å². The van der Waals surface area contributed by atoms with Crippen LogP contribution in [-0.2, 0) is 16.6 Å². The molecule has 3 aromatic rings. The standard InChI is InChI=1S/C17H15BrN2O2S2/c1-12-4-2-5-13(10-12)17-14(6-3-9-19-17)11-20-24(21,22)16-8-7-15(18)23-16/h2-10,20H,11H2,1H3. The summed E-state index contributed by atoms with van der Waals surface area (Å²) in [6.45, 7) is 2.21. The summed E-state index contributed by atoms with van der Waals surface area (Å²) in [5.74, 6) is 0. The van der Waals surface area contributed by atoms with Crippen molar-refractivity contribution in [2.75, 3.05) is 0 Å². The predicted octanol–water partition coefficient (Wildman–Crippen LogP) is 4.36. The zero-order valence-electron chi connectivity index (χ0n) is 12.9. The van der Waals surface area contributed by atoms with Gasteiger partial charge in [-0.3, -0.25) is 4.98 Å². The van der Waals surface area contributed by atoms with Crippen LogP contribution in [0.4, 0.5) is 0 Å². The number of halogens is 1. The third kappa shape index (κ3) is 3.92. The number of sulfonamides is 1. The summed E-state index contributed by atoms with van der Waals surface area (Å²) in [4.78, 5) is 4.43. The summed E-state index contributed by atoms with van der Waals surface area (Å²) in [6, 6.07) is 15.0. The van der Waals surface area contributed by atoms with Crippen LogP contribution >= 0.6 is 27.3 Å². The summed E-state index contributed by atoms with van der Waals surface area (Å²) in [5.41, 5.74) is 3.73. The number of rotatable bonds is 5. The molecule has 2 aromatic heterocycles. The van der Waals surface area contributed by atoms with Gasteiger partial charge in [0.05, 0.1) is 9.48 Å². The summed E-state index contributed by atoms with van der Waals surface area (Å²) in [5, 5.41) is 0. The molecule has 124 valence electrons. The number of aromatic nitrogens is 1. The smallest absolute Gasteiger partial charge is 0.250 e. The van der Waals surface area contributed by atoms with E-state index in [9.17, 15) is 8.42 Å². The number of thiophene rings is 1. The first-order valence-corrected chi connectivity index (χ1v) is 10.3. The molecule has 0 bridgehead atoms. The first-order chi connectivity index (χ1) is 11.5. The molecule has 0 unspecified atom stereocenters. The fourth-order valence-corrected chi connectivity index (χ4v) is 5.38. The molecule has 0 saturated heterocycles. The maximum Gasteiger partial charge on any atom is 0.250 e. The van der Waals surface area contributed by atoms with E-state index in [-0.39, 0.29) is 10.8 Å². The molecular formula is C17H15BrN2O2S2. The molecule has 0 fully saturated rings. The molecule has 1 aromatic carbocycles. The Morgan fingerprint density at radius 3 is 2.71 bits per heavy atom. The maximum absolute atomic E-state index is 12.4. The van der Waals surface area contributed by atoms with Gasteiger partial charge in [0, 0.05) is 18.3 Å². The van der Waals surface area contributed by atoms with E-state index in [0.29, 0.717) is 0 Å². The molecule has 3 rings (SSSR count). The summed E-state index contributed by atoms with van der Waals surface area (Å²) >= 11 is 4.47. The topological polar surface area (TPSA) is 59.1 Å². The predicted molar refractivity (Wildman–Crippen MR) is 100 cm³/mol. The number of pyridine rings is 1. The SMILES string of the molecule is Cc1cccc(-c2ncccc2CNS(=O)(=O)c2ccc(Br)s2)c1. The summed E-state index contributed by atoms with van der Waals surface area (Å²) in [6.07, 6.45) is 1.71. The van der Waals surface area contributed by atoms with Gasteiger partial charge in [-0.05, 0) is 52.7 Å². The molecule has 24 heavy (non-hydrogen) atoms. The Morgan fingerprint density at radius 2 is 2.00 bits per heavy atom. The van der Waals surface area contributed by atoms with Crippen molar-refractivity contribution < 1.29 is 8.42 Å². The highest BCUT2D eigenvalue weighted by atomic mass is 79.9. The average Bonchev–Trinajstić information content (AvgIpc) is 3.01. The van der Waals surface area contributed by atoms with E-state index < -0.39 is 10.0 Å². The average molecular weight is 423 g/mol. The van der Waals surface area contributed by atoms with Crippen molar-refractivity contribution in [3.8, 4) is 11.3 Å². The van der Waals surface area contributed by atoms with Crippen molar-refractivity contribution in [3.63, 3.8) is 0 Å². The Hall–Kier alpha value is -1.54. The summed E-state index contributed by atoms with van der Waals surface area (Å²) < 4.78 is 28.5. The highest BCUT2D eigenvalue weighted by Gasteiger charge is 2.17. The lowest BCUT2D eigenvalue weighted by Gasteiger charge is -2.10. The second-order valence-electron chi connectivity index (χ2n) is 5.26. The van der Waals surface area contributed by atoms with E-state index in [4.69, 9.17) is 0 Å².